The molecule has 0 saturated carbocycles. The van der Waals surface area contributed by atoms with Crippen molar-refractivity contribution in [3.63, 3.8) is 0 Å². The lowest BCUT2D eigenvalue weighted by molar-refractivity contribution is 0.298. The average molecular weight is 204 g/mol. The molecule has 0 bridgehead atoms. The minimum atomic E-state index is -0.0255. The van der Waals surface area contributed by atoms with Crippen molar-refractivity contribution in [1.29, 1.82) is 0 Å². The van der Waals surface area contributed by atoms with Crippen LogP contribution in [0.2, 0.25) is 0 Å². The fraction of sp³-hybridized carbons (Fsp3) is 0.167. The van der Waals surface area contributed by atoms with E-state index in [2.05, 4.69) is 0 Å². The first kappa shape index (κ1) is 9.80. The van der Waals surface area contributed by atoms with Crippen molar-refractivity contribution in [3.8, 4) is 11.5 Å². The van der Waals surface area contributed by atoms with Gasteiger partial charge in [-0.3, -0.25) is 0 Å². The van der Waals surface area contributed by atoms with Gasteiger partial charge in [0.15, 0.2) is 0 Å². The second-order valence-corrected chi connectivity index (χ2v) is 3.44. The molecule has 0 aliphatic rings. The number of phenolic OH excluding ortho intramolecular Hbond substituents is 2. The summed E-state index contributed by atoms with van der Waals surface area (Å²) in [5.74, 6) is 0.314. The van der Waals surface area contributed by atoms with Crippen LogP contribution < -0.4 is 0 Å². The SMILES string of the molecule is OCCc1c(O)ccc2ccc(O)cc12. The molecule has 2 aromatic carbocycles. The van der Waals surface area contributed by atoms with E-state index in [1.165, 1.54) is 0 Å². The zero-order chi connectivity index (χ0) is 10.8. The van der Waals surface area contributed by atoms with E-state index < -0.39 is 0 Å². The molecule has 3 heteroatoms. The maximum Gasteiger partial charge on any atom is 0.119 e. The fourth-order valence-electron chi connectivity index (χ4n) is 1.73. The van der Waals surface area contributed by atoms with Crippen LogP contribution in [-0.4, -0.2) is 21.9 Å². The monoisotopic (exact) mass is 204 g/mol. The molecule has 3 nitrogen and oxygen atoms in total. The molecule has 0 aromatic heterocycles. The molecule has 0 radical (unpaired) electrons. The fourth-order valence-corrected chi connectivity index (χ4v) is 1.73. The van der Waals surface area contributed by atoms with E-state index in [1.54, 1.807) is 30.3 Å². The van der Waals surface area contributed by atoms with Gasteiger partial charge < -0.3 is 15.3 Å². The second-order valence-electron chi connectivity index (χ2n) is 3.44. The van der Waals surface area contributed by atoms with Crippen LogP contribution in [0.1, 0.15) is 5.56 Å². The Kier molecular flexibility index (Phi) is 2.47. The van der Waals surface area contributed by atoms with Gasteiger partial charge in [0.05, 0.1) is 0 Å². The van der Waals surface area contributed by atoms with Crippen LogP contribution >= 0.6 is 0 Å². The molecule has 0 aliphatic heterocycles. The molecule has 0 atom stereocenters. The smallest absolute Gasteiger partial charge is 0.119 e. The van der Waals surface area contributed by atoms with Gasteiger partial charge in [-0.15, -0.1) is 0 Å². The lowest BCUT2D eigenvalue weighted by Gasteiger charge is -2.08. The normalized spacial score (nSPS) is 10.7. The molecule has 0 fully saturated rings. The van der Waals surface area contributed by atoms with E-state index in [4.69, 9.17) is 5.11 Å². The predicted molar refractivity (Wildman–Crippen MR) is 58.1 cm³/mol. The molecule has 3 N–H and O–H groups in total. The van der Waals surface area contributed by atoms with Crippen molar-refractivity contribution in [3.05, 3.63) is 35.9 Å². The largest absolute Gasteiger partial charge is 0.508 e. The van der Waals surface area contributed by atoms with E-state index >= 15 is 0 Å². The van der Waals surface area contributed by atoms with Gasteiger partial charge in [-0.2, -0.15) is 0 Å². The molecule has 0 heterocycles. The minimum Gasteiger partial charge on any atom is -0.508 e. The maximum atomic E-state index is 9.64. The highest BCUT2D eigenvalue weighted by Gasteiger charge is 2.06. The minimum absolute atomic E-state index is 0.0255. The van der Waals surface area contributed by atoms with Crippen molar-refractivity contribution >= 4 is 10.8 Å². The zero-order valence-electron chi connectivity index (χ0n) is 8.14. The summed E-state index contributed by atoms with van der Waals surface area (Å²) in [6.45, 7) is -0.0255. The quantitative estimate of drug-likeness (QED) is 0.698. The highest BCUT2D eigenvalue weighted by Crippen LogP contribution is 2.29. The highest BCUT2D eigenvalue weighted by atomic mass is 16.3. The average Bonchev–Trinajstić information content (AvgIpc) is 2.23. The predicted octanol–water partition coefficient (Wildman–Crippen LogP) is 1.79. The Morgan fingerprint density at radius 2 is 1.73 bits per heavy atom. The van der Waals surface area contributed by atoms with Crippen molar-refractivity contribution < 1.29 is 15.3 Å². The van der Waals surface area contributed by atoms with Gasteiger partial charge in [-0.1, -0.05) is 12.1 Å². The Morgan fingerprint density at radius 3 is 2.47 bits per heavy atom. The number of fused-ring (bicyclic) bond motifs is 1. The van der Waals surface area contributed by atoms with E-state index in [1.807, 2.05) is 0 Å². The van der Waals surface area contributed by atoms with Crippen LogP contribution in [0, 0.1) is 0 Å². The summed E-state index contributed by atoms with van der Waals surface area (Å²) in [4.78, 5) is 0. The van der Waals surface area contributed by atoms with Crippen LogP contribution in [0.4, 0.5) is 0 Å². The second kappa shape index (κ2) is 3.79. The molecule has 0 spiro atoms. The standard InChI is InChI=1S/C12H12O3/c13-6-5-10-11-7-9(14)3-1-8(11)2-4-12(10)15/h1-4,7,13-15H,5-6H2. The van der Waals surface area contributed by atoms with Crippen molar-refractivity contribution in [2.75, 3.05) is 6.61 Å². The molecule has 0 saturated heterocycles. The molecule has 0 aliphatic carbocycles. The molecule has 78 valence electrons. The first-order valence-corrected chi connectivity index (χ1v) is 4.77. The third-order valence-corrected chi connectivity index (χ3v) is 2.45. The van der Waals surface area contributed by atoms with Gasteiger partial charge in [0.1, 0.15) is 11.5 Å². The number of benzene rings is 2. The first-order valence-electron chi connectivity index (χ1n) is 4.77. The molecule has 0 amide bonds. The van der Waals surface area contributed by atoms with E-state index in [9.17, 15) is 10.2 Å². The number of aliphatic hydroxyl groups is 1. The summed E-state index contributed by atoms with van der Waals surface area (Å²) in [6, 6.07) is 8.36. The lowest BCUT2D eigenvalue weighted by Crippen LogP contribution is -1.92. The first-order chi connectivity index (χ1) is 7.22. The van der Waals surface area contributed by atoms with Crippen molar-refractivity contribution in [2.24, 2.45) is 0 Å². The third-order valence-electron chi connectivity index (χ3n) is 2.45. The van der Waals surface area contributed by atoms with Crippen LogP contribution in [0.5, 0.6) is 11.5 Å². The summed E-state index contributed by atoms with van der Waals surface area (Å²) in [6.07, 6.45) is 0.382. The van der Waals surface area contributed by atoms with E-state index in [0.717, 1.165) is 10.8 Å². The Bertz CT molecular complexity index is 486. The van der Waals surface area contributed by atoms with Crippen molar-refractivity contribution in [1.82, 2.24) is 0 Å². The molecule has 15 heavy (non-hydrogen) atoms. The third kappa shape index (κ3) is 1.74. The van der Waals surface area contributed by atoms with Gasteiger partial charge >= 0.3 is 0 Å². The van der Waals surface area contributed by atoms with Crippen LogP contribution in [0.25, 0.3) is 10.8 Å². The van der Waals surface area contributed by atoms with Gasteiger partial charge in [0.2, 0.25) is 0 Å². The number of hydrogen-bond donors (Lipinski definition) is 3. The summed E-state index contributed by atoms with van der Waals surface area (Å²) in [5.41, 5.74) is 0.672. The Morgan fingerprint density at radius 1 is 1.00 bits per heavy atom. The summed E-state index contributed by atoms with van der Waals surface area (Å²) < 4.78 is 0. The summed E-state index contributed by atoms with van der Waals surface area (Å²) in [7, 11) is 0. The Labute approximate surface area is 87.2 Å². The van der Waals surface area contributed by atoms with Gasteiger partial charge in [0, 0.05) is 12.2 Å². The maximum absolute atomic E-state index is 9.64. The van der Waals surface area contributed by atoms with Crippen LogP contribution in [-0.2, 0) is 6.42 Å². The topological polar surface area (TPSA) is 60.7 Å². The summed E-state index contributed by atoms with van der Waals surface area (Å²) in [5, 5.41) is 29.6. The number of aliphatic hydroxyl groups excluding tert-OH is 1. The number of phenols is 2. The molecule has 2 rings (SSSR count). The van der Waals surface area contributed by atoms with Gasteiger partial charge in [-0.05, 0) is 35.4 Å². The summed E-state index contributed by atoms with van der Waals surface area (Å²) >= 11 is 0. The highest BCUT2D eigenvalue weighted by molar-refractivity contribution is 5.88. The van der Waals surface area contributed by atoms with E-state index in [-0.39, 0.29) is 18.1 Å². The zero-order valence-corrected chi connectivity index (χ0v) is 8.14. The molecular formula is C12H12O3. The van der Waals surface area contributed by atoms with Crippen LogP contribution in [0.15, 0.2) is 30.3 Å². The Hall–Kier alpha value is -1.74. The number of rotatable bonds is 2. The van der Waals surface area contributed by atoms with Gasteiger partial charge in [0.25, 0.3) is 0 Å². The van der Waals surface area contributed by atoms with Crippen molar-refractivity contribution in [2.45, 2.75) is 6.42 Å². The molecular weight excluding hydrogens is 192 g/mol. The number of hydrogen-bond acceptors (Lipinski definition) is 3. The number of aromatic hydroxyl groups is 2. The molecule has 0 unspecified atom stereocenters. The van der Waals surface area contributed by atoms with Gasteiger partial charge in [-0.25, -0.2) is 0 Å². The molecule has 2 aromatic rings. The van der Waals surface area contributed by atoms with E-state index in [0.29, 0.717) is 12.0 Å². The van der Waals surface area contributed by atoms with Crippen LogP contribution in [0.3, 0.4) is 0 Å². The lowest BCUT2D eigenvalue weighted by atomic mass is 10.0. The Balaban J connectivity index is 2.72.